The van der Waals surface area contributed by atoms with E-state index < -0.39 is 0 Å². The van der Waals surface area contributed by atoms with Crippen LogP contribution in [0.25, 0.3) is 11.1 Å². The molecule has 0 radical (unpaired) electrons. The molecule has 0 unspecified atom stereocenters. The Labute approximate surface area is 184 Å². The molecule has 0 spiro atoms. The van der Waals surface area contributed by atoms with E-state index in [1.54, 1.807) is 35.4 Å². The number of fused-ring (bicyclic) bond motifs is 1. The van der Waals surface area contributed by atoms with Crippen LogP contribution in [0.15, 0.2) is 30.5 Å². The fourth-order valence-electron chi connectivity index (χ4n) is 3.72. The van der Waals surface area contributed by atoms with Crippen LogP contribution in [0.4, 0.5) is 5.82 Å². The first kappa shape index (κ1) is 20.9. The molecule has 1 N–H and O–H groups in total. The molecule has 2 aliphatic heterocycles. The first-order valence-corrected chi connectivity index (χ1v) is 10.5. The fraction of sp³-hybridized carbons (Fsp3) is 0.381. The second-order valence-electron chi connectivity index (χ2n) is 7.48. The molecule has 0 atom stereocenters. The van der Waals surface area contributed by atoms with Gasteiger partial charge in [0.25, 0.3) is 5.91 Å². The second kappa shape index (κ2) is 8.79. The third kappa shape index (κ3) is 4.38. The predicted molar refractivity (Wildman–Crippen MR) is 114 cm³/mol. The average Bonchev–Trinajstić information content (AvgIpc) is 2.74. The van der Waals surface area contributed by atoms with Crippen LogP contribution in [0.5, 0.6) is 5.75 Å². The molecule has 1 aromatic carbocycles. The Hall–Kier alpha value is -2.35. The summed E-state index contributed by atoms with van der Waals surface area (Å²) in [7, 11) is 0. The fourth-order valence-corrected chi connectivity index (χ4v) is 4.25. The Morgan fingerprint density at radius 1 is 1.13 bits per heavy atom. The molecule has 158 valence electrons. The molecule has 0 saturated carbocycles. The van der Waals surface area contributed by atoms with E-state index in [2.05, 4.69) is 4.98 Å². The van der Waals surface area contributed by atoms with Crippen molar-refractivity contribution in [3.05, 3.63) is 40.5 Å². The number of halogens is 2. The summed E-state index contributed by atoms with van der Waals surface area (Å²) in [6, 6.07) is 6.94. The quantitative estimate of drug-likeness (QED) is 0.775. The highest BCUT2D eigenvalue weighted by molar-refractivity contribution is 6.35. The van der Waals surface area contributed by atoms with Gasteiger partial charge in [-0.25, -0.2) is 4.98 Å². The van der Waals surface area contributed by atoms with Crippen LogP contribution in [-0.2, 0) is 9.59 Å². The van der Waals surface area contributed by atoms with Crippen LogP contribution in [0.2, 0.25) is 10.0 Å². The molecule has 2 aliphatic rings. The zero-order chi connectivity index (χ0) is 21.3. The summed E-state index contributed by atoms with van der Waals surface area (Å²) in [6.45, 7) is 1.05. The van der Waals surface area contributed by atoms with Gasteiger partial charge in [-0.2, -0.15) is 0 Å². The number of likely N-dealkylation sites (tertiary alicyclic amines) is 1. The number of nitrogens with zero attached hydrogens (tertiary/aromatic N) is 3. The van der Waals surface area contributed by atoms with E-state index in [0.717, 1.165) is 24.0 Å². The van der Waals surface area contributed by atoms with Crippen LogP contribution in [0.3, 0.4) is 0 Å². The van der Waals surface area contributed by atoms with Crippen LogP contribution in [0.1, 0.15) is 12.8 Å². The van der Waals surface area contributed by atoms with Gasteiger partial charge >= 0.3 is 0 Å². The Kier molecular flexibility index (Phi) is 6.13. The lowest BCUT2D eigenvalue weighted by Crippen LogP contribution is -2.48. The number of piperidine rings is 1. The lowest BCUT2D eigenvalue weighted by atomic mass is 9.98. The Bertz CT molecular complexity index is 956. The second-order valence-corrected chi connectivity index (χ2v) is 8.35. The van der Waals surface area contributed by atoms with Crippen molar-refractivity contribution in [2.24, 2.45) is 5.92 Å². The maximum atomic E-state index is 12.8. The van der Waals surface area contributed by atoms with Crippen molar-refractivity contribution in [3.8, 4) is 16.9 Å². The third-order valence-electron chi connectivity index (χ3n) is 5.46. The van der Waals surface area contributed by atoms with Crippen molar-refractivity contribution < 1.29 is 19.4 Å². The predicted octanol–water partition coefficient (Wildman–Crippen LogP) is 3.01. The summed E-state index contributed by atoms with van der Waals surface area (Å²) in [6.07, 6.45) is 3.13. The van der Waals surface area contributed by atoms with Gasteiger partial charge in [-0.3, -0.25) is 14.5 Å². The van der Waals surface area contributed by atoms with Crippen molar-refractivity contribution >= 4 is 40.8 Å². The number of hydrogen-bond acceptors (Lipinski definition) is 5. The monoisotopic (exact) mass is 449 g/mol. The number of amides is 2. The number of anilines is 1. The molecule has 0 aliphatic carbocycles. The van der Waals surface area contributed by atoms with Crippen molar-refractivity contribution in [2.45, 2.75) is 12.8 Å². The summed E-state index contributed by atoms with van der Waals surface area (Å²) in [5.41, 5.74) is 1.52. The molecule has 7 nitrogen and oxygen atoms in total. The minimum absolute atomic E-state index is 0.0890. The van der Waals surface area contributed by atoms with Crippen molar-refractivity contribution in [1.29, 1.82) is 0 Å². The largest absolute Gasteiger partial charge is 0.480 e. The highest BCUT2D eigenvalue weighted by Crippen LogP contribution is 2.35. The van der Waals surface area contributed by atoms with Gasteiger partial charge in [0.15, 0.2) is 18.2 Å². The standard InChI is InChI=1S/C21H21Cl2N3O4/c22-16-5-14(6-17(23)8-16)15-7-18-21(24-9-15)26(20(29)12-30-18)10-19(28)25-3-1-13(11-27)2-4-25/h5-9,13,27H,1-4,10-12H2. The molecule has 1 aromatic heterocycles. The molecule has 1 fully saturated rings. The number of pyridine rings is 1. The zero-order valence-corrected chi connectivity index (χ0v) is 17.7. The molecule has 2 aromatic rings. The van der Waals surface area contributed by atoms with Crippen LogP contribution in [-0.4, -0.2) is 59.7 Å². The van der Waals surface area contributed by atoms with Crippen molar-refractivity contribution in [1.82, 2.24) is 9.88 Å². The number of aromatic nitrogens is 1. The maximum absolute atomic E-state index is 12.8. The Morgan fingerprint density at radius 2 is 1.83 bits per heavy atom. The van der Waals surface area contributed by atoms with Gasteiger partial charge in [-0.05, 0) is 48.6 Å². The van der Waals surface area contributed by atoms with Gasteiger partial charge in [0.05, 0.1) is 0 Å². The Balaban J connectivity index is 1.54. The number of hydrogen-bond donors (Lipinski definition) is 1. The number of aliphatic hydroxyl groups is 1. The van der Waals surface area contributed by atoms with E-state index in [0.29, 0.717) is 34.7 Å². The lowest BCUT2D eigenvalue weighted by molar-refractivity contribution is -0.133. The third-order valence-corrected chi connectivity index (χ3v) is 5.89. The zero-order valence-electron chi connectivity index (χ0n) is 16.2. The molecule has 0 bridgehead atoms. The average molecular weight is 450 g/mol. The van der Waals surface area contributed by atoms with Gasteiger partial charge in [-0.15, -0.1) is 0 Å². The van der Waals surface area contributed by atoms with E-state index in [1.807, 2.05) is 0 Å². The van der Waals surface area contributed by atoms with Crippen molar-refractivity contribution in [2.75, 3.05) is 37.7 Å². The SMILES string of the molecule is O=C(CN1C(=O)COc2cc(-c3cc(Cl)cc(Cl)c3)cnc21)N1CCC(CO)CC1. The van der Waals surface area contributed by atoms with E-state index in [-0.39, 0.29) is 37.5 Å². The van der Waals surface area contributed by atoms with Crippen molar-refractivity contribution in [3.63, 3.8) is 0 Å². The van der Waals surface area contributed by atoms with E-state index in [9.17, 15) is 14.7 Å². The minimum atomic E-state index is -0.313. The number of carbonyl (C=O) groups excluding carboxylic acids is 2. The normalized spacial score (nSPS) is 17.0. The number of ether oxygens (including phenoxy) is 1. The van der Waals surface area contributed by atoms with E-state index >= 15 is 0 Å². The minimum Gasteiger partial charge on any atom is -0.480 e. The first-order chi connectivity index (χ1) is 14.4. The molecule has 4 rings (SSSR count). The summed E-state index contributed by atoms with van der Waals surface area (Å²) in [5, 5.41) is 10.3. The van der Waals surface area contributed by atoms with E-state index in [1.165, 1.54) is 4.90 Å². The number of aliphatic hydroxyl groups excluding tert-OH is 1. The Morgan fingerprint density at radius 3 is 2.50 bits per heavy atom. The highest BCUT2D eigenvalue weighted by atomic mass is 35.5. The van der Waals surface area contributed by atoms with Gasteiger partial charge in [0.2, 0.25) is 5.91 Å². The molecular formula is C21H21Cl2N3O4. The lowest BCUT2D eigenvalue weighted by Gasteiger charge is -2.34. The first-order valence-electron chi connectivity index (χ1n) is 9.73. The van der Waals surface area contributed by atoms with Gasteiger partial charge in [0.1, 0.15) is 6.54 Å². The molecular weight excluding hydrogens is 429 g/mol. The number of rotatable bonds is 4. The summed E-state index contributed by atoms with van der Waals surface area (Å²) in [4.78, 5) is 32.7. The van der Waals surface area contributed by atoms with Crippen LogP contribution in [0, 0.1) is 5.92 Å². The highest BCUT2D eigenvalue weighted by Gasteiger charge is 2.31. The van der Waals surface area contributed by atoms with Gasteiger partial charge in [-0.1, -0.05) is 23.2 Å². The molecule has 2 amide bonds. The number of carbonyl (C=O) groups is 2. The summed E-state index contributed by atoms with van der Waals surface area (Å²) < 4.78 is 5.57. The topological polar surface area (TPSA) is 83.0 Å². The van der Waals surface area contributed by atoms with E-state index in [4.69, 9.17) is 27.9 Å². The molecule has 9 heteroatoms. The number of benzene rings is 1. The molecule has 30 heavy (non-hydrogen) atoms. The van der Waals surface area contributed by atoms with Crippen LogP contribution >= 0.6 is 23.2 Å². The molecule has 3 heterocycles. The van der Waals surface area contributed by atoms with Gasteiger partial charge < -0.3 is 14.7 Å². The maximum Gasteiger partial charge on any atom is 0.266 e. The summed E-state index contributed by atoms with van der Waals surface area (Å²) >= 11 is 12.2. The summed E-state index contributed by atoms with van der Waals surface area (Å²) in [5.74, 6) is 0.531. The van der Waals surface area contributed by atoms with Gasteiger partial charge in [0, 0.05) is 41.5 Å². The smallest absolute Gasteiger partial charge is 0.266 e. The molecule has 1 saturated heterocycles. The van der Waals surface area contributed by atoms with Crippen LogP contribution < -0.4 is 9.64 Å².